The van der Waals surface area contributed by atoms with Crippen molar-refractivity contribution < 1.29 is 13.2 Å². The molecular formula is C20H21N3O3S2. The van der Waals surface area contributed by atoms with E-state index in [4.69, 9.17) is 5.26 Å². The Morgan fingerprint density at radius 1 is 1.29 bits per heavy atom. The maximum absolute atomic E-state index is 12.4. The standard InChI is InChI=1S/C20H21N3O3S2/c1-28(25,26)23-10-8-15-12-16(6-7-19(15)23)20(24)22-9-11-27-14-18-5-3-2-4-17(18)13-21/h2-7,12H,8-11,14H2,1H3,(H,22,24). The number of hydrogen-bond acceptors (Lipinski definition) is 5. The Bertz CT molecular complexity index is 1030. The van der Waals surface area contributed by atoms with Gasteiger partial charge in [-0.05, 0) is 41.8 Å². The number of rotatable bonds is 7. The molecule has 1 N–H and O–H groups in total. The first kappa shape index (κ1) is 20.2. The van der Waals surface area contributed by atoms with Crippen molar-refractivity contribution in [2.24, 2.45) is 0 Å². The van der Waals surface area contributed by atoms with Crippen LogP contribution in [0.3, 0.4) is 0 Å². The van der Waals surface area contributed by atoms with Gasteiger partial charge in [0.25, 0.3) is 5.91 Å². The van der Waals surface area contributed by atoms with Crippen LogP contribution >= 0.6 is 11.8 Å². The van der Waals surface area contributed by atoms with E-state index in [0.29, 0.717) is 36.3 Å². The van der Waals surface area contributed by atoms with Crippen LogP contribution in [0.2, 0.25) is 0 Å². The lowest BCUT2D eigenvalue weighted by Crippen LogP contribution is -2.27. The highest BCUT2D eigenvalue weighted by Crippen LogP contribution is 2.30. The molecule has 0 aromatic heterocycles. The molecule has 1 aliphatic heterocycles. The molecule has 0 unspecified atom stereocenters. The van der Waals surface area contributed by atoms with Crippen molar-refractivity contribution in [3.63, 3.8) is 0 Å². The van der Waals surface area contributed by atoms with Gasteiger partial charge in [-0.3, -0.25) is 9.10 Å². The molecule has 1 amide bonds. The van der Waals surface area contributed by atoms with E-state index in [-0.39, 0.29) is 5.91 Å². The fraction of sp³-hybridized carbons (Fsp3) is 0.300. The highest BCUT2D eigenvalue weighted by molar-refractivity contribution is 7.98. The van der Waals surface area contributed by atoms with Crippen LogP contribution in [-0.2, 0) is 22.2 Å². The molecule has 0 fully saturated rings. The summed E-state index contributed by atoms with van der Waals surface area (Å²) < 4.78 is 24.9. The molecule has 0 spiro atoms. The number of nitrogens with one attached hydrogen (secondary N) is 1. The number of fused-ring (bicyclic) bond motifs is 1. The molecule has 0 atom stereocenters. The number of sulfonamides is 1. The first-order chi connectivity index (χ1) is 13.4. The van der Waals surface area contributed by atoms with E-state index in [1.54, 1.807) is 36.0 Å². The molecule has 6 nitrogen and oxygen atoms in total. The molecule has 0 radical (unpaired) electrons. The Hall–Kier alpha value is -2.50. The molecule has 8 heteroatoms. The molecule has 1 aliphatic rings. The number of benzene rings is 2. The Balaban J connectivity index is 1.50. The van der Waals surface area contributed by atoms with Crippen LogP contribution in [0.25, 0.3) is 0 Å². The number of hydrogen-bond donors (Lipinski definition) is 1. The SMILES string of the molecule is CS(=O)(=O)N1CCc2cc(C(=O)NCCSCc3ccccc3C#N)ccc21. The number of nitriles is 1. The third-order valence-corrected chi connectivity index (χ3v) is 6.71. The smallest absolute Gasteiger partial charge is 0.251 e. The second-order valence-electron chi connectivity index (χ2n) is 6.51. The van der Waals surface area contributed by atoms with E-state index in [1.165, 1.54) is 10.6 Å². The molecule has 2 aromatic carbocycles. The number of carbonyl (C=O) groups excluding carboxylic acids is 1. The van der Waals surface area contributed by atoms with Gasteiger partial charge < -0.3 is 5.32 Å². The maximum Gasteiger partial charge on any atom is 0.251 e. The summed E-state index contributed by atoms with van der Waals surface area (Å²) in [7, 11) is -3.29. The summed E-state index contributed by atoms with van der Waals surface area (Å²) in [4.78, 5) is 12.4. The molecule has 146 valence electrons. The summed E-state index contributed by atoms with van der Waals surface area (Å²) in [6.07, 6.45) is 1.80. The van der Waals surface area contributed by atoms with Crippen LogP contribution in [0.15, 0.2) is 42.5 Å². The number of carbonyl (C=O) groups is 1. The van der Waals surface area contributed by atoms with Gasteiger partial charge in [0.2, 0.25) is 10.0 Å². The average molecular weight is 416 g/mol. The third-order valence-electron chi connectivity index (χ3n) is 4.52. The average Bonchev–Trinajstić information content (AvgIpc) is 3.11. The lowest BCUT2D eigenvalue weighted by atomic mass is 10.1. The predicted molar refractivity (Wildman–Crippen MR) is 112 cm³/mol. The predicted octanol–water partition coefficient (Wildman–Crippen LogP) is 2.54. The van der Waals surface area contributed by atoms with E-state index in [9.17, 15) is 13.2 Å². The molecule has 0 bridgehead atoms. The van der Waals surface area contributed by atoms with Gasteiger partial charge in [0.1, 0.15) is 0 Å². The summed E-state index contributed by atoms with van der Waals surface area (Å²) in [5.41, 5.74) is 3.75. The molecule has 0 saturated heterocycles. The highest BCUT2D eigenvalue weighted by Gasteiger charge is 2.26. The monoisotopic (exact) mass is 415 g/mol. The van der Waals surface area contributed by atoms with Crippen molar-refractivity contribution in [2.75, 3.05) is 29.4 Å². The van der Waals surface area contributed by atoms with Gasteiger partial charge in [-0.2, -0.15) is 17.0 Å². The van der Waals surface area contributed by atoms with Gasteiger partial charge in [-0.1, -0.05) is 18.2 Å². The van der Waals surface area contributed by atoms with Gasteiger partial charge in [-0.15, -0.1) is 0 Å². The molecule has 28 heavy (non-hydrogen) atoms. The minimum absolute atomic E-state index is 0.168. The zero-order valence-electron chi connectivity index (χ0n) is 15.5. The number of amides is 1. The number of thioether (sulfide) groups is 1. The van der Waals surface area contributed by atoms with E-state index in [1.807, 2.05) is 18.2 Å². The quantitative estimate of drug-likeness (QED) is 0.702. The molecule has 0 saturated carbocycles. The first-order valence-electron chi connectivity index (χ1n) is 8.85. The minimum atomic E-state index is -3.29. The van der Waals surface area contributed by atoms with Crippen molar-refractivity contribution in [2.45, 2.75) is 12.2 Å². The van der Waals surface area contributed by atoms with Crippen LogP contribution in [-0.4, -0.2) is 39.4 Å². The lowest BCUT2D eigenvalue weighted by molar-refractivity contribution is 0.0956. The van der Waals surface area contributed by atoms with Gasteiger partial charge in [0.05, 0.1) is 23.6 Å². The fourth-order valence-electron chi connectivity index (χ4n) is 3.13. The van der Waals surface area contributed by atoms with Crippen molar-refractivity contribution in [1.82, 2.24) is 5.32 Å². The summed E-state index contributed by atoms with van der Waals surface area (Å²) >= 11 is 1.66. The largest absolute Gasteiger partial charge is 0.351 e. The summed E-state index contributed by atoms with van der Waals surface area (Å²) in [6.45, 7) is 0.935. The highest BCUT2D eigenvalue weighted by atomic mass is 32.2. The van der Waals surface area contributed by atoms with E-state index in [0.717, 1.165) is 22.6 Å². The van der Waals surface area contributed by atoms with Gasteiger partial charge in [0, 0.05) is 30.2 Å². The van der Waals surface area contributed by atoms with Crippen LogP contribution < -0.4 is 9.62 Å². The molecule has 0 aliphatic carbocycles. The van der Waals surface area contributed by atoms with Gasteiger partial charge in [0.15, 0.2) is 0 Å². The Kier molecular flexibility index (Phi) is 6.27. The van der Waals surface area contributed by atoms with E-state index >= 15 is 0 Å². The fourth-order valence-corrected chi connectivity index (χ4v) is 4.95. The number of anilines is 1. The first-order valence-corrected chi connectivity index (χ1v) is 11.8. The molecule has 2 aromatic rings. The van der Waals surface area contributed by atoms with Crippen molar-refractivity contribution in [3.05, 3.63) is 64.7 Å². The van der Waals surface area contributed by atoms with Crippen LogP contribution in [0.1, 0.15) is 27.0 Å². The van der Waals surface area contributed by atoms with Gasteiger partial charge in [-0.25, -0.2) is 8.42 Å². The van der Waals surface area contributed by atoms with Crippen LogP contribution in [0.5, 0.6) is 0 Å². The molecule has 3 rings (SSSR count). The van der Waals surface area contributed by atoms with Crippen molar-refractivity contribution in [1.29, 1.82) is 5.26 Å². The normalized spacial score (nSPS) is 13.1. The van der Waals surface area contributed by atoms with Crippen molar-refractivity contribution in [3.8, 4) is 6.07 Å². The zero-order chi connectivity index (χ0) is 20.1. The molecule has 1 heterocycles. The van der Waals surface area contributed by atoms with Crippen LogP contribution in [0.4, 0.5) is 5.69 Å². The molecular weight excluding hydrogens is 394 g/mol. The maximum atomic E-state index is 12.4. The summed E-state index contributed by atoms with van der Waals surface area (Å²) in [5, 5.41) is 12.0. The Labute approximate surface area is 169 Å². The Morgan fingerprint density at radius 3 is 2.82 bits per heavy atom. The number of nitrogens with zero attached hydrogens (tertiary/aromatic N) is 2. The van der Waals surface area contributed by atoms with E-state index in [2.05, 4.69) is 11.4 Å². The summed E-state index contributed by atoms with van der Waals surface area (Å²) in [6, 6.07) is 14.8. The summed E-state index contributed by atoms with van der Waals surface area (Å²) in [5.74, 6) is 1.29. The third kappa shape index (κ3) is 4.66. The van der Waals surface area contributed by atoms with E-state index < -0.39 is 10.0 Å². The topological polar surface area (TPSA) is 90.3 Å². The van der Waals surface area contributed by atoms with Crippen molar-refractivity contribution >= 4 is 33.4 Å². The van der Waals surface area contributed by atoms with Crippen LogP contribution in [0, 0.1) is 11.3 Å². The lowest BCUT2D eigenvalue weighted by Gasteiger charge is -2.16. The second-order valence-corrected chi connectivity index (χ2v) is 9.52. The zero-order valence-corrected chi connectivity index (χ0v) is 17.1. The van der Waals surface area contributed by atoms with Gasteiger partial charge >= 0.3 is 0 Å². The second kappa shape index (κ2) is 8.67. The Morgan fingerprint density at radius 2 is 2.07 bits per heavy atom. The minimum Gasteiger partial charge on any atom is -0.351 e.